The maximum atomic E-state index is 11.8. The van der Waals surface area contributed by atoms with E-state index in [-0.39, 0.29) is 11.6 Å². The van der Waals surface area contributed by atoms with Gasteiger partial charge in [-0.2, -0.15) is 0 Å². The maximum Gasteiger partial charge on any atom is 0.269 e. The third-order valence-corrected chi connectivity index (χ3v) is 3.33. The van der Waals surface area contributed by atoms with Crippen molar-refractivity contribution in [1.82, 2.24) is 0 Å². The summed E-state index contributed by atoms with van der Waals surface area (Å²) in [6, 6.07) is 13.1. The largest absolute Gasteiger partial charge is 0.385 e. The minimum Gasteiger partial charge on any atom is -0.385 e. The summed E-state index contributed by atoms with van der Waals surface area (Å²) in [5.74, 6) is -0.0854. The topological polar surface area (TPSA) is 84.3 Å². The standard InChI is InChI=1S/C16H16ClN3O3/c17-12-3-1-4-14(11-12)19-16(21)5-2-10-18-13-6-8-15(9-7-13)20(22)23/h1,3-4,6-9,11,18H,2,5,10H2,(H,19,21). The third-order valence-electron chi connectivity index (χ3n) is 3.10. The summed E-state index contributed by atoms with van der Waals surface area (Å²) >= 11 is 5.85. The minimum atomic E-state index is -0.441. The maximum absolute atomic E-state index is 11.8. The number of nitrogens with zero attached hydrogens (tertiary/aromatic N) is 1. The molecule has 0 unspecified atom stereocenters. The van der Waals surface area contributed by atoms with Crippen molar-refractivity contribution in [3.8, 4) is 0 Å². The zero-order valence-electron chi connectivity index (χ0n) is 12.3. The molecule has 0 saturated carbocycles. The number of rotatable bonds is 7. The number of hydrogen-bond donors (Lipinski definition) is 2. The van der Waals surface area contributed by atoms with Gasteiger partial charge in [0, 0.05) is 41.5 Å². The minimum absolute atomic E-state index is 0.0523. The molecule has 2 aromatic carbocycles. The van der Waals surface area contributed by atoms with Gasteiger partial charge in [-0.15, -0.1) is 0 Å². The lowest BCUT2D eigenvalue weighted by molar-refractivity contribution is -0.384. The van der Waals surface area contributed by atoms with Crippen LogP contribution in [0.2, 0.25) is 5.02 Å². The van der Waals surface area contributed by atoms with Gasteiger partial charge in [0.2, 0.25) is 5.91 Å². The molecule has 0 atom stereocenters. The highest BCUT2D eigenvalue weighted by atomic mass is 35.5. The van der Waals surface area contributed by atoms with E-state index in [1.54, 1.807) is 36.4 Å². The van der Waals surface area contributed by atoms with Gasteiger partial charge in [-0.1, -0.05) is 17.7 Å². The first-order valence-corrected chi connectivity index (χ1v) is 7.46. The summed E-state index contributed by atoms with van der Waals surface area (Å²) in [6.07, 6.45) is 1.01. The van der Waals surface area contributed by atoms with Crippen LogP contribution in [0, 0.1) is 10.1 Å². The fraction of sp³-hybridized carbons (Fsp3) is 0.188. The van der Waals surface area contributed by atoms with E-state index in [9.17, 15) is 14.9 Å². The Hall–Kier alpha value is -2.60. The molecule has 0 aliphatic carbocycles. The van der Waals surface area contributed by atoms with E-state index >= 15 is 0 Å². The molecule has 0 heterocycles. The first-order chi connectivity index (χ1) is 11.0. The van der Waals surface area contributed by atoms with Crippen LogP contribution < -0.4 is 10.6 Å². The van der Waals surface area contributed by atoms with Crippen molar-refractivity contribution in [2.45, 2.75) is 12.8 Å². The van der Waals surface area contributed by atoms with Crippen molar-refractivity contribution in [3.63, 3.8) is 0 Å². The van der Waals surface area contributed by atoms with Crippen LogP contribution in [0.3, 0.4) is 0 Å². The predicted octanol–water partition coefficient (Wildman–Crippen LogP) is 4.08. The Morgan fingerprint density at radius 1 is 1.13 bits per heavy atom. The number of nitro benzene ring substituents is 1. The summed E-state index contributed by atoms with van der Waals surface area (Å²) in [4.78, 5) is 21.9. The second-order valence-corrected chi connectivity index (χ2v) is 5.33. The monoisotopic (exact) mass is 333 g/mol. The van der Waals surface area contributed by atoms with E-state index in [4.69, 9.17) is 11.6 Å². The molecule has 2 N–H and O–H groups in total. The molecule has 0 saturated heterocycles. The molecule has 23 heavy (non-hydrogen) atoms. The molecule has 1 amide bonds. The van der Waals surface area contributed by atoms with Crippen LogP contribution in [0.5, 0.6) is 0 Å². The van der Waals surface area contributed by atoms with Gasteiger partial charge in [-0.05, 0) is 36.8 Å². The van der Waals surface area contributed by atoms with E-state index in [1.165, 1.54) is 12.1 Å². The number of carbonyl (C=O) groups is 1. The van der Waals surface area contributed by atoms with Crippen LogP contribution in [0.25, 0.3) is 0 Å². The smallest absolute Gasteiger partial charge is 0.269 e. The third kappa shape index (κ3) is 5.60. The molecule has 0 aliphatic heterocycles. The first kappa shape index (κ1) is 16.8. The van der Waals surface area contributed by atoms with Crippen LogP contribution >= 0.6 is 11.6 Å². The summed E-state index contributed by atoms with van der Waals surface area (Å²) in [5, 5.41) is 17.0. The predicted molar refractivity (Wildman–Crippen MR) is 90.9 cm³/mol. The second-order valence-electron chi connectivity index (χ2n) is 4.89. The van der Waals surface area contributed by atoms with E-state index in [2.05, 4.69) is 10.6 Å². The van der Waals surface area contributed by atoms with Crippen molar-refractivity contribution in [1.29, 1.82) is 0 Å². The SMILES string of the molecule is O=C(CCCNc1ccc([N+](=O)[O-])cc1)Nc1cccc(Cl)c1. The van der Waals surface area contributed by atoms with Crippen LogP contribution in [0.1, 0.15) is 12.8 Å². The van der Waals surface area contributed by atoms with Gasteiger partial charge in [-0.3, -0.25) is 14.9 Å². The molecule has 0 bridgehead atoms. The average molecular weight is 334 g/mol. The molecule has 2 aromatic rings. The number of carbonyl (C=O) groups excluding carboxylic acids is 1. The van der Waals surface area contributed by atoms with E-state index in [0.717, 1.165) is 5.69 Å². The number of halogens is 1. The molecule has 0 fully saturated rings. The van der Waals surface area contributed by atoms with Crippen LogP contribution in [0.15, 0.2) is 48.5 Å². The van der Waals surface area contributed by atoms with Gasteiger partial charge in [0.05, 0.1) is 4.92 Å². The highest BCUT2D eigenvalue weighted by Gasteiger charge is 2.05. The molecule has 2 rings (SSSR count). The molecule has 0 aromatic heterocycles. The normalized spacial score (nSPS) is 10.1. The van der Waals surface area contributed by atoms with Crippen LogP contribution in [0.4, 0.5) is 17.1 Å². The lowest BCUT2D eigenvalue weighted by Crippen LogP contribution is -2.13. The van der Waals surface area contributed by atoms with Gasteiger partial charge in [-0.25, -0.2) is 0 Å². The molecule has 7 heteroatoms. The molecule has 0 radical (unpaired) electrons. The zero-order chi connectivity index (χ0) is 16.7. The fourth-order valence-corrected chi connectivity index (χ4v) is 2.16. The Labute approximate surface area is 138 Å². The van der Waals surface area contributed by atoms with Gasteiger partial charge < -0.3 is 10.6 Å². The number of nitro groups is 1. The van der Waals surface area contributed by atoms with Crippen molar-refractivity contribution in [2.24, 2.45) is 0 Å². The number of non-ortho nitro benzene ring substituents is 1. The number of benzene rings is 2. The molecular weight excluding hydrogens is 318 g/mol. The summed E-state index contributed by atoms with van der Waals surface area (Å²) in [5.41, 5.74) is 1.51. The highest BCUT2D eigenvalue weighted by molar-refractivity contribution is 6.30. The molecule has 6 nitrogen and oxygen atoms in total. The lowest BCUT2D eigenvalue weighted by atomic mass is 10.2. The quantitative estimate of drug-likeness (QED) is 0.454. The summed E-state index contributed by atoms with van der Waals surface area (Å²) < 4.78 is 0. The number of nitrogens with one attached hydrogen (secondary N) is 2. The second kappa shape index (κ2) is 8.14. The number of hydrogen-bond acceptors (Lipinski definition) is 4. The fourth-order valence-electron chi connectivity index (χ4n) is 1.97. The van der Waals surface area contributed by atoms with Crippen LogP contribution in [-0.4, -0.2) is 17.4 Å². The first-order valence-electron chi connectivity index (χ1n) is 7.08. The van der Waals surface area contributed by atoms with Crippen molar-refractivity contribution in [2.75, 3.05) is 17.2 Å². The molecule has 0 aliphatic rings. The Kier molecular flexibility index (Phi) is 5.94. The van der Waals surface area contributed by atoms with Crippen molar-refractivity contribution in [3.05, 3.63) is 63.7 Å². The van der Waals surface area contributed by atoms with E-state index < -0.39 is 4.92 Å². The number of amides is 1. The Morgan fingerprint density at radius 2 is 1.87 bits per heavy atom. The van der Waals surface area contributed by atoms with Gasteiger partial charge in [0.15, 0.2) is 0 Å². The Bertz CT molecular complexity index is 689. The lowest BCUT2D eigenvalue weighted by Gasteiger charge is -2.07. The Morgan fingerprint density at radius 3 is 2.52 bits per heavy atom. The molecular formula is C16H16ClN3O3. The summed E-state index contributed by atoms with van der Waals surface area (Å²) in [6.45, 7) is 0.598. The Balaban J connectivity index is 1.70. The van der Waals surface area contributed by atoms with Crippen molar-refractivity contribution >= 4 is 34.6 Å². The zero-order valence-corrected chi connectivity index (χ0v) is 13.0. The molecule has 120 valence electrons. The van der Waals surface area contributed by atoms with Gasteiger partial charge in [0.25, 0.3) is 5.69 Å². The average Bonchev–Trinajstić information content (AvgIpc) is 2.52. The van der Waals surface area contributed by atoms with Gasteiger partial charge >= 0.3 is 0 Å². The highest BCUT2D eigenvalue weighted by Crippen LogP contribution is 2.16. The van der Waals surface area contributed by atoms with E-state index in [1.807, 2.05) is 0 Å². The summed E-state index contributed by atoms with van der Waals surface area (Å²) in [7, 11) is 0. The van der Waals surface area contributed by atoms with Gasteiger partial charge in [0.1, 0.15) is 0 Å². The van der Waals surface area contributed by atoms with Crippen molar-refractivity contribution < 1.29 is 9.72 Å². The van der Waals surface area contributed by atoms with Crippen LogP contribution in [-0.2, 0) is 4.79 Å². The molecule has 0 spiro atoms. The number of anilines is 2. The van der Waals surface area contributed by atoms with E-state index in [0.29, 0.717) is 30.1 Å².